The predicted molar refractivity (Wildman–Crippen MR) is 49.0 cm³/mol. The molecule has 1 radical (unpaired) electrons. The summed E-state index contributed by atoms with van der Waals surface area (Å²) in [4.78, 5) is 4.12. The molecule has 1 aliphatic heterocycles. The third kappa shape index (κ3) is 1.23. The van der Waals surface area contributed by atoms with Crippen molar-refractivity contribution in [3.63, 3.8) is 0 Å². The largest absolute Gasteiger partial charge is 0.235 e. The van der Waals surface area contributed by atoms with Crippen LogP contribution in [0.5, 0.6) is 0 Å². The Balaban J connectivity index is 2.35. The maximum atomic E-state index is 4.12. The highest BCUT2D eigenvalue weighted by Gasteiger charge is 2.04. The highest BCUT2D eigenvalue weighted by atomic mass is 15.0. The molecule has 0 aromatic heterocycles. The maximum Gasteiger partial charge on any atom is 0.159 e. The van der Waals surface area contributed by atoms with Gasteiger partial charge >= 0.3 is 0 Å². The van der Waals surface area contributed by atoms with Gasteiger partial charge in [-0.2, -0.15) is 0 Å². The van der Waals surface area contributed by atoms with Gasteiger partial charge in [0.2, 0.25) is 0 Å². The van der Waals surface area contributed by atoms with Crippen LogP contribution in [0, 0.1) is 6.92 Å². The molecular weight excluding hydrogens is 148 g/mol. The molecule has 1 aliphatic rings. The van der Waals surface area contributed by atoms with Gasteiger partial charge in [0.15, 0.2) is 5.84 Å². The average molecular weight is 157 g/mol. The fourth-order valence-electron chi connectivity index (χ4n) is 1.17. The van der Waals surface area contributed by atoms with Crippen molar-refractivity contribution in [2.45, 2.75) is 6.92 Å². The van der Waals surface area contributed by atoms with Crippen molar-refractivity contribution in [2.75, 3.05) is 0 Å². The molecule has 0 saturated heterocycles. The van der Waals surface area contributed by atoms with E-state index >= 15 is 0 Å². The molecule has 0 unspecified atom stereocenters. The van der Waals surface area contributed by atoms with Crippen molar-refractivity contribution in [1.29, 1.82) is 0 Å². The average Bonchev–Trinajstić information content (AvgIpc) is 2.56. The lowest BCUT2D eigenvalue weighted by Crippen LogP contribution is -2.07. The van der Waals surface area contributed by atoms with E-state index in [4.69, 9.17) is 0 Å². The molecule has 0 amide bonds. The first kappa shape index (κ1) is 7.10. The summed E-state index contributed by atoms with van der Waals surface area (Å²) in [6, 6.07) is 8.17. The highest BCUT2D eigenvalue weighted by molar-refractivity contribution is 6.00. The van der Waals surface area contributed by atoms with Gasteiger partial charge in [0.05, 0.1) is 0 Å². The number of nitrogens with zero attached hydrogens (tertiary/aromatic N) is 2. The summed E-state index contributed by atoms with van der Waals surface area (Å²) in [6.07, 6.45) is 3.41. The Labute approximate surface area is 71.6 Å². The van der Waals surface area contributed by atoms with Gasteiger partial charge in [0.1, 0.15) is 0 Å². The van der Waals surface area contributed by atoms with Crippen molar-refractivity contribution in [2.24, 2.45) is 4.99 Å². The zero-order chi connectivity index (χ0) is 8.39. The number of hydrogen-bond acceptors (Lipinski definition) is 1. The van der Waals surface area contributed by atoms with Gasteiger partial charge in [0, 0.05) is 18.0 Å². The van der Waals surface area contributed by atoms with Crippen molar-refractivity contribution >= 4 is 5.84 Å². The molecule has 2 nitrogen and oxygen atoms in total. The molecule has 12 heavy (non-hydrogen) atoms. The van der Waals surface area contributed by atoms with Gasteiger partial charge in [-0.05, 0) is 13.0 Å². The predicted octanol–water partition coefficient (Wildman–Crippen LogP) is 1.83. The van der Waals surface area contributed by atoms with E-state index in [0.717, 1.165) is 11.4 Å². The number of aryl methyl sites for hydroxylation is 1. The zero-order valence-corrected chi connectivity index (χ0v) is 6.86. The Morgan fingerprint density at radius 2 is 2.08 bits per heavy atom. The maximum absolute atomic E-state index is 4.12. The van der Waals surface area contributed by atoms with Crippen molar-refractivity contribution < 1.29 is 0 Å². The summed E-state index contributed by atoms with van der Waals surface area (Å²) < 4.78 is 0. The molecule has 0 bridgehead atoms. The first-order valence-corrected chi connectivity index (χ1v) is 3.87. The summed E-state index contributed by atoms with van der Waals surface area (Å²) in [6.45, 7) is 2.06. The molecule has 59 valence electrons. The van der Waals surface area contributed by atoms with Crippen LogP contribution in [0.15, 0.2) is 41.7 Å². The van der Waals surface area contributed by atoms with Crippen LogP contribution in [-0.2, 0) is 0 Å². The molecule has 1 aromatic carbocycles. The highest BCUT2D eigenvalue weighted by Crippen LogP contribution is 2.07. The second-order valence-electron chi connectivity index (χ2n) is 2.75. The summed E-state index contributed by atoms with van der Waals surface area (Å²) in [7, 11) is 0. The zero-order valence-electron chi connectivity index (χ0n) is 6.86. The Kier molecular flexibility index (Phi) is 1.67. The number of hydrogen-bond donors (Lipinski definition) is 0. The van der Waals surface area contributed by atoms with Gasteiger partial charge < -0.3 is 0 Å². The van der Waals surface area contributed by atoms with Crippen molar-refractivity contribution in [3.05, 3.63) is 47.8 Å². The summed E-state index contributed by atoms with van der Waals surface area (Å²) in [5.74, 6) is 0.804. The van der Waals surface area contributed by atoms with E-state index in [9.17, 15) is 0 Å². The normalized spacial score (nSPS) is 14.2. The fraction of sp³-hybridized carbons (Fsp3) is 0.100. The lowest BCUT2D eigenvalue weighted by atomic mass is 10.1. The third-order valence-corrected chi connectivity index (χ3v) is 1.74. The molecule has 1 heterocycles. The van der Waals surface area contributed by atoms with E-state index in [0.29, 0.717) is 0 Å². The Morgan fingerprint density at radius 3 is 2.75 bits per heavy atom. The Bertz CT molecular complexity index is 351. The number of rotatable bonds is 1. The van der Waals surface area contributed by atoms with Crippen LogP contribution >= 0.6 is 0 Å². The minimum Gasteiger partial charge on any atom is -0.235 e. The molecule has 2 heteroatoms. The molecule has 2 rings (SSSR count). The van der Waals surface area contributed by atoms with Gasteiger partial charge in [-0.15, -0.1) is 0 Å². The molecule has 0 saturated carbocycles. The molecule has 0 N–H and O–H groups in total. The van der Waals surface area contributed by atoms with E-state index in [1.54, 1.807) is 12.4 Å². The summed E-state index contributed by atoms with van der Waals surface area (Å²) in [5, 5.41) is 4.12. The second-order valence-corrected chi connectivity index (χ2v) is 2.75. The minimum atomic E-state index is 0.804. The molecular formula is C10H9N2. The first-order chi connectivity index (χ1) is 5.86. The van der Waals surface area contributed by atoms with Crippen LogP contribution in [0.3, 0.4) is 0 Å². The van der Waals surface area contributed by atoms with Crippen LogP contribution in [0.1, 0.15) is 11.1 Å². The van der Waals surface area contributed by atoms with Gasteiger partial charge in [0.25, 0.3) is 0 Å². The SMILES string of the molecule is Cc1cccc(C2=NC=C[N]2)c1. The molecule has 0 fully saturated rings. The minimum absolute atomic E-state index is 0.804. The van der Waals surface area contributed by atoms with Gasteiger partial charge in [-0.1, -0.05) is 23.8 Å². The summed E-state index contributed by atoms with van der Waals surface area (Å²) in [5.41, 5.74) is 2.32. The topological polar surface area (TPSA) is 26.5 Å². The number of amidine groups is 1. The number of benzene rings is 1. The smallest absolute Gasteiger partial charge is 0.159 e. The van der Waals surface area contributed by atoms with Crippen molar-refractivity contribution in [1.82, 2.24) is 5.32 Å². The monoisotopic (exact) mass is 157 g/mol. The number of aliphatic imine (C=N–C) groups is 1. The van der Waals surface area contributed by atoms with E-state index in [1.165, 1.54) is 5.56 Å². The lowest BCUT2D eigenvalue weighted by Gasteiger charge is -1.99. The van der Waals surface area contributed by atoms with Crippen LogP contribution in [0.25, 0.3) is 0 Å². The molecule has 0 aliphatic carbocycles. The van der Waals surface area contributed by atoms with Gasteiger partial charge in [-0.3, -0.25) is 0 Å². The molecule has 1 aromatic rings. The van der Waals surface area contributed by atoms with Gasteiger partial charge in [-0.25, -0.2) is 10.3 Å². The van der Waals surface area contributed by atoms with Crippen LogP contribution in [-0.4, -0.2) is 5.84 Å². The first-order valence-electron chi connectivity index (χ1n) is 3.87. The summed E-state index contributed by atoms with van der Waals surface area (Å²) >= 11 is 0. The lowest BCUT2D eigenvalue weighted by molar-refractivity contribution is 1.28. The third-order valence-electron chi connectivity index (χ3n) is 1.74. The Morgan fingerprint density at radius 1 is 1.17 bits per heavy atom. The standard InChI is InChI=1S/C10H9N2/c1-8-3-2-4-9(7-8)10-11-5-6-12-10/h2-7H,1H3. The fourth-order valence-corrected chi connectivity index (χ4v) is 1.17. The van der Waals surface area contributed by atoms with E-state index in [-0.39, 0.29) is 0 Å². The Hall–Kier alpha value is -1.57. The van der Waals surface area contributed by atoms with Crippen LogP contribution in [0.4, 0.5) is 0 Å². The van der Waals surface area contributed by atoms with Crippen LogP contribution < -0.4 is 5.32 Å². The quantitative estimate of drug-likeness (QED) is 0.594. The molecule has 0 spiro atoms. The van der Waals surface area contributed by atoms with E-state index in [2.05, 4.69) is 29.4 Å². The second kappa shape index (κ2) is 2.81. The van der Waals surface area contributed by atoms with Crippen LogP contribution in [0.2, 0.25) is 0 Å². The van der Waals surface area contributed by atoms with E-state index < -0.39 is 0 Å². The van der Waals surface area contributed by atoms with Crippen molar-refractivity contribution in [3.8, 4) is 0 Å². The molecule has 0 atom stereocenters. The van der Waals surface area contributed by atoms with E-state index in [1.807, 2.05) is 12.1 Å².